The minimum absolute atomic E-state index is 0.109. The molecular formula is C18H21N5O4. The van der Waals surface area contributed by atoms with E-state index in [1.54, 1.807) is 26.2 Å². The first-order chi connectivity index (χ1) is 13.1. The third-order valence-corrected chi connectivity index (χ3v) is 4.07. The Morgan fingerprint density at radius 3 is 2.93 bits per heavy atom. The second kappa shape index (κ2) is 7.90. The fourth-order valence-corrected chi connectivity index (χ4v) is 2.93. The Hall–Kier alpha value is -3.36. The fraction of sp³-hybridized carbons (Fsp3) is 0.333. The summed E-state index contributed by atoms with van der Waals surface area (Å²) >= 11 is 0. The Morgan fingerprint density at radius 2 is 2.22 bits per heavy atom. The van der Waals surface area contributed by atoms with Gasteiger partial charge in [-0.2, -0.15) is 4.68 Å². The van der Waals surface area contributed by atoms with Crippen molar-refractivity contribution >= 4 is 11.9 Å². The molecule has 0 bridgehead atoms. The molecule has 0 saturated heterocycles. The van der Waals surface area contributed by atoms with Crippen molar-refractivity contribution in [3.05, 3.63) is 47.7 Å². The molecule has 1 aliphatic rings. The van der Waals surface area contributed by atoms with Gasteiger partial charge in [-0.05, 0) is 42.0 Å². The first-order valence-corrected chi connectivity index (χ1v) is 8.45. The van der Waals surface area contributed by atoms with Crippen LogP contribution in [0.3, 0.4) is 0 Å². The van der Waals surface area contributed by atoms with E-state index in [4.69, 9.17) is 14.2 Å². The van der Waals surface area contributed by atoms with E-state index >= 15 is 0 Å². The number of methoxy groups -OCH3 is 1. The molecule has 0 amide bonds. The Morgan fingerprint density at radius 1 is 1.41 bits per heavy atom. The maximum absolute atomic E-state index is 12.7. The number of ether oxygens (including phenoxy) is 3. The van der Waals surface area contributed by atoms with Crippen LogP contribution in [0, 0.1) is 0 Å². The van der Waals surface area contributed by atoms with Gasteiger partial charge >= 0.3 is 5.97 Å². The third-order valence-electron chi connectivity index (χ3n) is 4.07. The van der Waals surface area contributed by atoms with Gasteiger partial charge in [0.25, 0.3) is 0 Å². The Bertz CT molecular complexity index is 890. The fourth-order valence-electron chi connectivity index (χ4n) is 2.93. The van der Waals surface area contributed by atoms with Crippen molar-refractivity contribution in [2.24, 2.45) is 0 Å². The van der Waals surface area contributed by atoms with Gasteiger partial charge in [0.05, 0.1) is 19.3 Å². The molecule has 0 fully saturated rings. The molecule has 9 heteroatoms. The summed E-state index contributed by atoms with van der Waals surface area (Å²) in [6.07, 6.45) is 1.52. The highest BCUT2D eigenvalue weighted by molar-refractivity contribution is 5.92. The minimum atomic E-state index is -0.571. The SMILES string of the molecule is C=CCOC(=O)C1=C(C)Nc2nnnn2C1c1ccc(OCC)c(OC)c1. The summed E-state index contributed by atoms with van der Waals surface area (Å²) in [6.45, 7) is 7.87. The van der Waals surface area contributed by atoms with Crippen LogP contribution in [0.25, 0.3) is 0 Å². The highest BCUT2D eigenvalue weighted by Crippen LogP contribution is 2.38. The average molecular weight is 371 g/mol. The number of hydrogen-bond donors (Lipinski definition) is 1. The quantitative estimate of drug-likeness (QED) is 0.583. The van der Waals surface area contributed by atoms with Crippen molar-refractivity contribution < 1.29 is 19.0 Å². The molecule has 0 aliphatic carbocycles. The number of rotatable bonds is 7. The molecule has 1 atom stereocenters. The van der Waals surface area contributed by atoms with Gasteiger partial charge in [0.1, 0.15) is 12.6 Å². The van der Waals surface area contributed by atoms with Crippen molar-refractivity contribution in [3.63, 3.8) is 0 Å². The number of esters is 1. The molecule has 27 heavy (non-hydrogen) atoms. The lowest BCUT2D eigenvalue weighted by atomic mass is 9.95. The maximum atomic E-state index is 12.7. The van der Waals surface area contributed by atoms with E-state index in [0.717, 1.165) is 5.56 Å². The summed E-state index contributed by atoms with van der Waals surface area (Å²) in [5, 5.41) is 14.7. The first kappa shape index (κ1) is 18.4. The number of anilines is 1. The van der Waals surface area contributed by atoms with E-state index in [-0.39, 0.29) is 6.61 Å². The number of nitrogens with zero attached hydrogens (tertiary/aromatic N) is 4. The van der Waals surface area contributed by atoms with Gasteiger partial charge in [-0.1, -0.05) is 23.8 Å². The average Bonchev–Trinajstić information content (AvgIpc) is 3.13. The van der Waals surface area contributed by atoms with Gasteiger partial charge < -0.3 is 19.5 Å². The predicted molar refractivity (Wildman–Crippen MR) is 97.6 cm³/mol. The Balaban J connectivity index is 2.09. The van der Waals surface area contributed by atoms with Crippen LogP contribution < -0.4 is 14.8 Å². The van der Waals surface area contributed by atoms with Crippen LogP contribution in [-0.2, 0) is 9.53 Å². The molecule has 1 N–H and O–H groups in total. The smallest absolute Gasteiger partial charge is 0.338 e. The van der Waals surface area contributed by atoms with Gasteiger partial charge in [0, 0.05) is 5.70 Å². The summed E-state index contributed by atoms with van der Waals surface area (Å²) in [6, 6.07) is 4.88. The summed E-state index contributed by atoms with van der Waals surface area (Å²) in [5.41, 5.74) is 1.78. The van der Waals surface area contributed by atoms with Crippen molar-refractivity contribution in [1.82, 2.24) is 20.2 Å². The first-order valence-electron chi connectivity index (χ1n) is 8.45. The highest BCUT2D eigenvalue weighted by atomic mass is 16.5. The standard InChI is InChI=1S/C18H21N5O4/c1-5-9-27-17(24)15-11(3)19-18-20-21-22-23(18)16(15)12-7-8-13(26-6-2)14(10-12)25-4/h5,7-8,10,16H,1,6,9H2,2-4H3,(H,19,20,22). The third kappa shape index (κ3) is 3.48. The van der Waals surface area contributed by atoms with E-state index in [1.807, 2.05) is 13.0 Å². The van der Waals surface area contributed by atoms with Crippen molar-refractivity contribution in [2.45, 2.75) is 19.9 Å². The Kier molecular flexibility index (Phi) is 5.39. The number of carbonyl (C=O) groups excluding carboxylic acids is 1. The van der Waals surface area contributed by atoms with Crippen molar-refractivity contribution in [2.75, 3.05) is 25.6 Å². The zero-order valence-corrected chi connectivity index (χ0v) is 15.4. The number of tetrazole rings is 1. The second-order valence-corrected chi connectivity index (χ2v) is 5.74. The molecule has 3 rings (SSSR count). The summed E-state index contributed by atoms with van der Waals surface area (Å²) in [4.78, 5) is 12.7. The maximum Gasteiger partial charge on any atom is 0.338 e. The van der Waals surface area contributed by atoms with Crippen LogP contribution in [0.15, 0.2) is 42.1 Å². The molecule has 1 aliphatic heterocycles. The molecule has 1 aromatic carbocycles. The number of fused-ring (bicyclic) bond motifs is 1. The summed E-state index contributed by atoms with van der Waals surface area (Å²) in [5.74, 6) is 1.13. The topological polar surface area (TPSA) is 100 Å². The van der Waals surface area contributed by atoms with Crippen LogP contribution >= 0.6 is 0 Å². The lowest BCUT2D eigenvalue weighted by Crippen LogP contribution is -2.29. The monoisotopic (exact) mass is 371 g/mol. The lowest BCUT2D eigenvalue weighted by molar-refractivity contribution is -0.138. The van der Waals surface area contributed by atoms with Gasteiger partial charge in [0.15, 0.2) is 11.5 Å². The molecule has 142 valence electrons. The summed E-state index contributed by atoms with van der Waals surface area (Å²) in [7, 11) is 1.56. The van der Waals surface area contributed by atoms with Crippen molar-refractivity contribution in [3.8, 4) is 11.5 Å². The van der Waals surface area contributed by atoms with E-state index in [9.17, 15) is 4.79 Å². The van der Waals surface area contributed by atoms with Crippen LogP contribution in [0.1, 0.15) is 25.5 Å². The van der Waals surface area contributed by atoms with Gasteiger partial charge in [-0.15, -0.1) is 0 Å². The number of benzene rings is 1. The lowest BCUT2D eigenvalue weighted by Gasteiger charge is -2.27. The number of aromatic nitrogens is 4. The minimum Gasteiger partial charge on any atom is -0.493 e. The molecule has 9 nitrogen and oxygen atoms in total. The largest absolute Gasteiger partial charge is 0.493 e. The zero-order chi connectivity index (χ0) is 19.4. The van der Waals surface area contributed by atoms with Crippen LogP contribution in [0.5, 0.6) is 11.5 Å². The summed E-state index contributed by atoms with van der Waals surface area (Å²) < 4.78 is 17.8. The van der Waals surface area contributed by atoms with E-state index in [2.05, 4.69) is 27.4 Å². The molecule has 0 radical (unpaired) electrons. The number of allylic oxidation sites excluding steroid dienone is 1. The van der Waals surface area contributed by atoms with Crippen LogP contribution in [-0.4, -0.2) is 46.5 Å². The molecular weight excluding hydrogens is 350 g/mol. The highest BCUT2D eigenvalue weighted by Gasteiger charge is 2.35. The normalized spacial score (nSPS) is 15.6. The van der Waals surface area contributed by atoms with Crippen LogP contribution in [0.2, 0.25) is 0 Å². The predicted octanol–water partition coefficient (Wildman–Crippen LogP) is 2.10. The molecule has 2 heterocycles. The zero-order valence-electron chi connectivity index (χ0n) is 15.4. The van der Waals surface area contributed by atoms with E-state index < -0.39 is 12.0 Å². The molecule has 0 spiro atoms. The number of nitrogens with one attached hydrogen (secondary N) is 1. The second-order valence-electron chi connectivity index (χ2n) is 5.74. The van der Waals surface area contributed by atoms with E-state index in [0.29, 0.717) is 35.3 Å². The van der Waals surface area contributed by atoms with E-state index in [1.165, 1.54) is 10.8 Å². The van der Waals surface area contributed by atoms with Gasteiger partial charge in [0.2, 0.25) is 5.95 Å². The molecule has 1 aromatic heterocycles. The molecule has 0 saturated carbocycles. The number of hydrogen-bond acceptors (Lipinski definition) is 8. The Labute approximate surface area is 156 Å². The van der Waals surface area contributed by atoms with Crippen LogP contribution in [0.4, 0.5) is 5.95 Å². The van der Waals surface area contributed by atoms with Gasteiger partial charge in [-0.3, -0.25) is 0 Å². The van der Waals surface area contributed by atoms with Crippen molar-refractivity contribution in [1.29, 1.82) is 0 Å². The molecule has 2 aromatic rings. The van der Waals surface area contributed by atoms with Gasteiger partial charge in [-0.25, -0.2) is 4.79 Å². The number of carbonyl (C=O) groups is 1. The molecule has 1 unspecified atom stereocenters.